The van der Waals surface area contributed by atoms with Gasteiger partial charge in [-0.3, -0.25) is 4.79 Å². The Morgan fingerprint density at radius 1 is 1.23 bits per heavy atom. The fourth-order valence-electron chi connectivity index (χ4n) is 2.37. The molecule has 1 saturated carbocycles. The summed E-state index contributed by atoms with van der Waals surface area (Å²) in [5, 5.41) is 0. The van der Waals surface area contributed by atoms with Gasteiger partial charge in [-0.25, -0.2) is 13.1 Å². The standard InChI is InChI=1S/C15H21NO5S/c1-2-20-13-7-9-14(10-8-13)22(18,19)16-15(17)11-21-12-5-3-4-6-12/h7-10,12H,2-6,11H2,1H3,(H,16,17). The van der Waals surface area contributed by atoms with Crippen molar-refractivity contribution >= 4 is 15.9 Å². The van der Waals surface area contributed by atoms with Crippen LogP contribution in [0, 0.1) is 0 Å². The molecule has 2 rings (SSSR count). The number of sulfonamides is 1. The monoisotopic (exact) mass is 327 g/mol. The zero-order valence-electron chi connectivity index (χ0n) is 12.6. The van der Waals surface area contributed by atoms with Crippen molar-refractivity contribution in [2.24, 2.45) is 0 Å². The summed E-state index contributed by atoms with van der Waals surface area (Å²) in [5.41, 5.74) is 0. The topological polar surface area (TPSA) is 81.7 Å². The van der Waals surface area contributed by atoms with E-state index in [1.54, 1.807) is 12.1 Å². The molecule has 0 unspecified atom stereocenters. The summed E-state index contributed by atoms with van der Waals surface area (Å²) in [7, 11) is -3.87. The van der Waals surface area contributed by atoms with Crippen LogP contribution in [0.3, 0.4) is 0 Å². The number of nitrogens with one attached hydrogen (secondary N) is 1. The molecule has 0 saturated heterocycles. The molecule has 1 fully saturated rings. The second-order valence-corrected chi connectivity index (χ2v) is 6.83. The van der Waals surface area contributed by atoms with Crippen LogP contribution in [-0.4, -0.2) is 33.6 Å². The van der Waals surface area contributed by atoms with E-state index in [1.165, 1.54) is 12.1 Å². The van der Waals surface area contributed by atoms with Crippen LogP contribution in [0.1, 0.15) is 32.6 Å². The fraction of sp³-hybridized carbons (Fsp3) is 0.533. The molecule has 1 N–H and O–H groups in total. The van der Waals surface area contributed by atoms with Crippen molar-refractivity contribution in [2.45, 2.75) is 43.6 Å². The molecule has 1 aliphatic carbocycles. The lowest BCUT2D eigenvalue weighted by Gasteiger charge is -2.11. The van der Waals surface area contributed by atoms with Gasteiger partial charge in [0, 0.05) is 0 Å². The van der Waals surface area contributed by atoms with Crippen LogP contribution < -0.4 is 9.46 Å². The predicted molar refractivity (Wildman–Crippen MR) is 81.1 cm³/mol. The first-order valence-electron chi connectivity index (χ1n) is 7.41. The number of amides is 1. The van der Waals surface area contributed by atoms with Gasteiger partial charge in [-0.05, 0) is 44.0 Å². The van der Waals surface area contributed by atoms with Crippen LogP contribution in [0.25, 0.3) is 0 Å². The van der Waals surface area contributed by atoms with E-state index in [0.29, 0.717) is 12.4 Å². The van der Waals surface area contributed by atoms with E-state index in [-0.39, 0.29) is 17.6 Å². The quantitative estimate of drug-likeness (QED) is 0.826. The zero-order chi connectivity index (χ0) is 16.0. The van der Waals surface area contributed by atoms with Crippen molar-refractivity contribution in [2.75, 3.05) is 13.2 Å². The van der Waals surface area contributed by atoms with E-state index in [1.807, 2.05) is 11.6 Å². The van der Waals surface area contributed by atoms with Crippen molar-refractivity contribution in [3.8, 4) is 5.75 Å². The van der Waals surface area contributed by atoms with Crippen LogP contribution >= 0.6 is 0 Å². The number of rotatable bonds is 7. The number of carbonyl (C=O) groups is 1. The average molecular weight is 327 g/mol. The molecular weight excluding hydrogens is 306 g/mol. The van der Waals surface area contributed by atoms with Crippen molar-refractivity contribution in [1.29, 1.82) is 0 Å². The molecule has 6 nitrogen and oxygen atoms in total. The summed E-state index contributed by atoms with van der Waals surface area (Å²) in [6.45, 7) is 2.11. The largest absolute Gasteiger partial charge is 0.494 e. The molecule has 0 aromatic heterocycles. The number of hydrogen-bond acceptors (Lipinski definition) is 5. The Hall–Kier alpha value is -1.60. The first-order valence-corrected chi connectivity index (χ1v) is 8.89. The lowest BCUT2D eigenvalue weighted by atomic mass is 10.3. The van der Waals surface area contributed by atoms with Gasteiger partial charge in [0.25, 0.3) is 15.9 Å². The molecule has 22 heavy (non-hydrogen) atoms. The molecule has 1 aromatic carbocycles. The molecule has 1 aromatic rings. The first-order chi connectivity index (χ1) is 10.5. The third kappa shape index (κ3) is 4.71. The summed E-state index contributed by atoms with van der Waals surface area (Å²) in [6.07, 6.45) is 4.12. The lowest BCUT2D eigenvalue weighted by Crippen LogP contribution is -2.34. The van der Waals surface area contributed by atoms with E-state index in [2.05, 4.69) is 0 Å². The van der Waals surface area contributed by atoms with Gasteiger partial charge in [-0.2, -0.15) is 0 Å². The SMILES string of the molecule is CCOc1ccc(S(=O)(=O)NC(=O)COC2CCCC2)cc1. The van der Waals surface area contributed by atoms with Crippen LogP contribution in [0.2, 0.25) is 0 Å². The molecule has 0 aliphatic heterocycles. The summed E-state index contributed by atoms with van der Waals surface area (Å²) >= 11 is 0. The molecule has 0 atom stereocenters. The maximum absolute atomic E-state index is 12.1. The Balaban J connectivity index is 1.90. The van der Waals surface area contributed by atoms with E-state index in [0.717, 1.165) is 25.7 Å². The Kier molecular flexibility index (Phi) is 5.79. The minimum atomic E-state index is -3.87. The molecule has 1 amide bonds. The Bertz CT molecular complexity index is 591. The van der Waals surface area contributed by atoms with Crippen molar-refractivity contribution in [3.63, 3.8) is 0 Å². The highest BCUT2D eigenvalue weighted by molar-refractivity contribution is 7.90. The number of carbonyl (C=O) groups excluding carboxylic acids is 1. The van der Waals surface area contributed by atoms with E-state index < -0.39 is 15.9 Å². The molecule has 0 bridgehead atoms. The maximum atomic E-state index is 12.1. The highest BCUT2D eigenvalue weighted by atomic mass is 32.2. The second-order valence-electron chi connectivity index (χ2n) is 5.15. The predicted octanol–water partition coefficient (Wildman–Crippen LogP) is 1.85. The summed E-state index contributed by atoms with van der Waals surface area (Å²) in [4.78, 5) is 11.7. The third-order valence-electron chi connectivity index (χ3n) is 3.45. The number of ether oxygens (including phenoxy) is 2. The smallest absolute Gasteiger partial charge is 0.264 e. The van der Waals surface area contributed by atoms with Gasteiger partial charge in [0.1, 0.15) is 12.4 Å². The minimum Gasteiger partial charge on any atom is -0.494 e. The second kappa shape index (κ2) is 7.60. The van der Waals surface area contributed by atoms with Crippen LogP contribution in [0.4, 0.5) is 0 Å². The first kappa shape index (κ1) is 16.8. The Labute approximate surface area is 130 Å². The number of benzene rings is 1. The molecule has 0 radical (unpaired) electrons. The van der Waals surface area contributed by atoms with Gasteiger partial charge < -0.3 is 9.47 Å². The molecule has 1 aliphatic rings. The lowest BCUT2D eigenvalue weighted by molar-refractivity contribution is -0.125. The fourth-order valence-corrected chi connectivity index (χ4v) is 3.34. The summed E-state index contributed by atoms with van der Waals surface area (Å²) < 4.78 is 36.8. The van der Waals surface area contributed by atoms with Gasteiger partial charge in [0.2, 0.25) is 0 Å². The van der Waals surface area contributed by atoms with Gasteiger partial charge in [-0.15, -0.1) is 0 Å². The van der Waals surface area contributed by atoms with Crippen molar-refractivity contribution in [3.05, 3.63) is 24.3 Å². The molecular formula is C15H21NO5S. The van der Waals surface area contributed by atoms with Crippen molar-refractivity contribution < 1.29 is 22.7 Å². The highest BCUT2D eigenvalue weighted by Gasteiger charge is 2.20. The normalized spacial score (nSPS) is 15.7. The number of hydrogen-bond donors (Lipinski definition) is 1. The highest BCUT2D eigenvalue weighted by Crippen LogP contribution is 2.20. The van der Waals surface area contributed by atoms with E-state index >= 15 is 0 Å². The summed E-state index contributed by atoms with van der Waals surface area (Å²) in [6, 6.07) is 5.91. The van der Waals surface area contributed by atoms with Gasteiger partial charge in [0.15, 0.2) is 0 Å². The van der Waals surface area contributed by atoms with Crippen LogP contribution in [-0.2, 0) is 19.6 Å². The van der Waals surface area contributed by atoms with E-state index in [4.69, 9.17) is 9.47 Å². The molecule has 0 heterocycles. The Morgan fingerprint density at radius 2 is 1.86 bits per heavy atom. The van der Waals surface area contributed by atoms with E-state index in [9.17, 15) is 13.2 Å². The average Bonchev–Trinajstić information content (AvgIpc) is 2.99. The summed E-state index contributed by atoms with van der Waals surface area (Å²) in [5.74, 6) is -0.0712. The van der Waals surface area contributed by atoms with Crippen molar-refractivity contribution in [1.82, 2.24) is 4.72 Å². The zero-order valence-corrected chi connectivity index (χ0v) is 13.4. The maximum Gasteiger partial charge on any atom is 0.264 e. The minimum absolute atomic E-state index is 0.0187. The molecule has 122 valence electrons. The van der Waals surface area contributed by atoms with Gasteiger partial charge >= 0.3 is 0 Å². The Morgan fingerprint density at radius 3 is 2.45 bits per heavy atom. The molecule has 0 spiro atoms. The van der Waals surface area contributed by atoms with Gasteiger partial charge in [-0.1, -0.05) is 12.8 Å². The third-order valence-corrected chi connectivity index (χ3v) is 4.83. The molecule has 7 heteroatoms. The van der Waals surface area contributed by atoms with Crippen LogP contribution in [0.5, 0.6) is 5.75 Å². The van der Waals surface area contributed by atoms with Crippen LogP contribution in [0.15, 0.2) is 29.2 Å². The van der Waals surface area contributed by atoms with Gasteiger partial charge in [0.05, 0.1) is 17.6 Å².